The van der Waals surface area contributed by atoms with Gasteiger partial charge in [0.25, 0.3) is 5.91 Å². The number of piperidine rings is 1. The summed E-state index contributed by atoms with van der Waals surface area (Å²) in [4.78, 5) is 29.2. The van der Waals surface area contributed by atoms with Crippen LogP contribution in [0, 0.1) is 0 Å². The maximum atomic E-state index is 13.2. The van der Waals surface area contributed by atoms with E-state index >= 15 is 0 Å². The minimum atomic E-state index is -3.92. The molecule has 168 valence electrons. The second-order valence-electron chi connectivity index (χ2n) is 7.57. The molecular weight excluding hydrogens is 434 g/mol. The molecule has 0 aliphatic carbocycles. The van der Waals surface area contributed by atoms with Gasteiger partial charge in [0, 0.05) is 31.5 Å². The summed E-state index contributed by atoms with van der Waals surface area (Å²) in [5.74, 6) is -0.329. The molecule has 4 rings (SSSR count). The fourth-order valence-electron chi connectivity index (χ4n) is 3.95. The van der Waals surface area contributed by atoms with Gasteiger partial charge in [0.05, 0.1) is 24.7 Å². The van der Waals surface area contributed by atoms with Gasteiger partial charge < -0.3 is 14.8 Å². The van der Waals surface area contributed by atoms with Crippen molar-refractivity contribution in [3.63, 3.8) is 0 Å². The molecule has 32 heavy (non-hydrogen) atoms. The number of amides is 1. The SMILES string of the molecule is COC(=O)c1ccccc1S(=O)(=O)N1CCC2(CC1)N=C(c1ccc(OC)cc1)C(=O)N2. The quantitative estimate of drug-likeness (QED) is 0.682. The van der Waals surface area contributed by atoms with Crippen LogP contribution >= 0.6 is 0 Å². The summed E-state index contributed by atoms with van der Waals surface area (Å²) in [5.41, 5.74) is 0.131. The molecule has 1 saturated heterocycles. The number of carbonyl (C=O) groups excluding carboxylic acids is 2. The number of carbonyl (C=O) groups is 2. The van der Waals surface area contributed by atoms with Gasteiger partial charge in [-0.2, -0.15) is 4.31 Å². The topological polar surface area (TPSA) is 114 Å². The van der Waals surface area contributed by atoms with Crippen LogP contribution in [0.15, 0.2) is 58.4 Å². The highest BCUT2D eigenvalue weighted by Gasteiger charge is 2.44. The van der Waals surface area contributed by atoms with E-state index in [9.17, 15) is 18.0 Å². The first-order chi connectivity index (χ1) is 15.3. The molecular formula is C22H23N3O6S. The van der Waals surface area contributed by atoms with E-state index in [1.165, 1.54) is 23.5 Å². The van der Waals surface area contributed by atoms with Crippen LogP contribution in [0.1, 0.15) is 28.8 Å². The number of benzene rings is 2. The molecule has 2 aliphatic rings. The van der Waals surface area contributed by atoms with Crippen LogP contribution < -0.4 is 10.1 Å². The Balaban J connectivity index is 1.55. The summed E-state index contributed by atoms with van der Waals surface area (Å²) in [6.45, 7) is 0.301. The first kappa shape index (κ1) is 22.0. The van der Waals surface area contributed by atoms with Gasteiger partial charge in [-0.1, -0.05) is 12.1 Å². The number of aliphatic imine (C=N–C) groups is 1. The summed E-state index contributed by atoms with van der Waals surface area (Å²) in [6.07, 6.45) is 0.635. The normalized spacial score (nSPS) is 18.2. The summed E-state index contributed by atoms with van der Waals surface area (Å²) < 4.78 is 37.6. The summed E-state index contributed by atoms with van der Waals surface area (Å²) in [5, 5.41) is 2.93. The molecule has 0 unspecified atom stereocenters. The number of methoxy groups -OCH3 is 2. The van der Waals surface area contributed by atoms with Gasteiger partial charge in [-0.3, -0.25) is 9.79 Å². The standard InChI is InChI=1S/C22H23N3O6S/c1-30-16-9-7-15(8-10-16)19-20(26)24-22(23-19)11-13-25(14-12-22)32(28,29)18-6-4-3-5-17(18)21(27)31-2/h3-10H,11-14H2,1-2H3,(H,24,26). The molecule has 1 fully saturated rings. The fourth-order valence-corrected chi connectivity index (χ4v) is 5.57. The smallest absolute Gasteiger partial charge is 0.339 e. The van der Waals surface area contributed by atoms with Gasteiger partial charge in [0.15, 0.2) is 0 Å². The van der Waals surface area contributed by atoms with Crippen molar-refractivity contribution in [1.82, 2.24) is 9.62 Å². The molecule has 2 aromatic rings. The Morgan fingerprint density at radius 1 is 1.06 bits per heavy atom. The lowest BCUT2D eigenvalue weighted by Crippen LogP contribution is -2.52. The molecule has 1 amide bonds. The van der Waals surface area contributed by atoms with Crippen molar-refractivity contribution in [3.05, 3.63) is 59.7 Å². The van der Waals surface area contributed by atoms with Crippen molar-refractivity contribution in [3.8, 4) is 5.75 Å². The van der Waals surface area contributed by atoms with Crippen LogP contribution in [-0.2, 0) is 19.6 Å². The monoisotopic (exact) mass is 457 g/mol. The molecule has 10 heteroatoms. The van der Waals surface area contributed by atoms with Gasteiger partial charge in [0.1, 0.15) is 17.1 Å². The highest BCUT2D eigenvalue weighted by molar-refractivity contribution is 7.89. The number of sulfonamides is 1. The average molecular weight is 458 g/mol. The number of ether oxygens (including phenoxy) is 2. The Morgan fingerprint density at radius 3 is 2.34 bits per heavy atom. The Labute approximate surface area is 186 Å². The van der Waals surface area contributed by atoms with Gasteiger partial charge >= 0.3 is 5.97 Å². The van der Waals surface area contributed by atoms with Crippen molar-refractivity contribution in [1.29, 1.82) is 0 Å². The Bertz CT molecular complexity index is 1180. The Hall–Kier alpha value is -3.24. The first-order valence-electron chi connectivity index (χ1n) is 10.0. The molecule has 9 nitrogen and oxygen atoms in total. The van der Waals surface area contributed by atoms with E-state index in [0.29, 0.717) is 29.9 Å². The van der Waals surface area contributed by atoms with Crippen LogP contribution in [0.3, 0.4) is 0 Å². The third-order valence-electron chi connectivity index (χ3n) is 5.71. The Kier molecular flexibility index (Phi) is 5.74. The second kappa shape index (κ2) is 8.36. The number of hydrogen-bond donors (Lipinski definition) is 1. The third-order valence-corrected chi connectivity index (χ3v) is 7.67. The molecule has 0 atom stereocenters. The fraction of sp³-hybridized carbons (Fsp3) is 0.318. The van der Waals surface area contributed by atoms with Crippen molar-refractivity contribution in [2.75, 3.05) is 27.3 Å². The van der Waals surface area contributed by atoms with E-state index in [4.69, 9.17) is 9.47 Å². The lowest BCUT2D eigenvalue weighted by Gasteiger charge is -2.36. The lowest BCUT2D eigenvalue weighted by molar-refractivity contribution is -0.115. The maximum Gasteiger partial charge on any atom is 0.339 e. The zero-order valence-electron chi connectivity index (χ0n) is 17.7. The number of nitrogens with one attached hydrogen (secondary N) is 1. The van der Waals surface area contributed by atoms with E-state index in [2.05, 4.69) is 10.3 Å². The predicted octanol–water partition coefficient (Wildman–Crippen LogP) is 1.58. The van der Waals surface area contributed by atoms with Crippen molar-refractivity contribution in [2.24, 2.45) is 4.99 Å². The largest absolute Gasteiger partial charge is 0.497 e. The maximum absolute atomic E-state index is 13.2. The predicted molar refractivity (Wildman–Crippen MR) is 116 cm³/mol. The van der Waals surface area contributed by atoms with Crippen LogP contribution in [0.4, 0.5) is 0 Å². The summed E-state index contributed by atoms with van der Waals surface area (Å²) >= 11 is 0. The molecule has 0 saturated carbocycles. The number of rotatable bonds is 5. The second-order valence-corrected chi connectivity index (χ2v) is 9.47. The number of esters is 1. The van der Waals surface area contributed by atoms with Crippen molar-refractivity contribution >= 4 is 27.6 Å². The Morgan fingerprint density at radius 2 is 1.72 bits per heavy atom. The van der Waals surface area contributed by atoms with Gasteiger partial charge in [0.2, 0.25) is 10.0 Å². The summed E-state index contributed by atoms with van der Waals surface area (Å²) in [6, 6.07) is 13.0. The zero-order chi connectivity index (χ0) is 22.9. The number of nitrogens with zero attached hydrogens (tertiary/aromatic N) is 2. The number of hydrogen-bond acceptors (Lipinski definition) is 7. The van der Waals surface area contributed by atoms with Gasteiger partial charge in [-0.15, -0.1) is 0 Å². The molecule has 1 N–H and O–H groups in total. The van der Waals surface area contributed by atoms with Crippen molar-refractivity contribution < 1.29 is 27.5 Å². The average Bonchev–Trinajstić information content (AvgIpc) is 3.14. The molecule has 0 radical (unpaired) electrons. The van der Waals surface area contributed by atoms with E-state index in [0.717, 1.165) is 0 Å². The molecule has 1 spiro atoms. The van der Waals surface area contributed by atoms with Crippen LogP contribution in [-0.4, -0.2) is 63.3 Å². The van der Waals surface area contributed by atoms with Crippen LogP contribution in [0.5, 0.6) is 5.75 Å². The van der Waals surface area contributed by atoms with E-state index < -0.39 is 21.7 Å². The molecule has 0 aromatic heterocycles. The van der Waals surface area contributed by atoms with E-state index in [-0.39, 0.29) is 29.5 Å². The van der Waals surface area contributed by atoms with Crippen LogP contribution in [0.2, 0.25) is 0 Å². The van der Waals surface area contributed by atoms with Crippen molar-refractivity contribution in [2.45, 2.75) is 23.4 Å². The molecule has 2 heterocycles. The minimum Gasteiger partial charge on any atom is -0.497 e. The van der Waals surface area contributed by atoms with E-state index in [1.807, 2.05) is 0 Å². The highest BCUT2D eigenvalue weighted by atomic mass is 32.2. The van der Waals surface area contributed by atoms with E-state index in [1.54, 1.807) is 43.5 Å². The summed E-state index contributed by atoms with van der Waals surface area (Å²) in [7, 11) is -1.15. The zero-order valence-corrected chi connectivity index (χ0v) is 18.5. The molecule has 0 bridgehead atoms. The van der Waals surface area contributed by atoms with Gasteiger partial charge in [-0.05, 0) is 36.4 Å². The van der Waals surface area contributed by atoms with Crippen LogP contribution in [0.25, 0.3) is 0 Å². The molecule has 2 aromatic carbocycles. The first-order valence-corrected chi connectivity index (χ1v) is 11.5. The minimum absolute atomic E-state index is 0.00994. The van der Waals surface area contributed by atoms with Gasteiger partial charge in [-0.25, -0.2) is 13.2 Å². The molecule has 2 aliphatic heterocycles. The third kappa shape index (κ3) is 3.87. The lowest BCUT2D eigenvalue weighted by atomic mass is 10.00. The highest BCUT2D eigenvalue weighted by Crippen LogP contribution is 2.32.